The van der Waals surface area contributed by atoms with E-state index in [1.165, 1.54) is 0 Å². The number of H-pyrrole nitrogens is 1. The number of rotatable bonds is 5. The molecule has 0 saturated heterocycles. The molecule has 3 N–H and O–H groups in total. The average Bonchev–Trinajstić information content (AvgIpc) is 3.10. The maximum Gasteiger partial charge on any atom is 0.227 e. The van der Waals surface area contributed by atoms with Crippen LogP contribution in [0.3, 0.4) is 0 Å². The van der Waals surface area contributed by atoms with Gasteiger partial charge in [-0.15, -0.1) is 0 Å². The molecule has 0 bridgehead atoms. The fraction of sp³-hybridized carbons (Fsp3) is 0.158. The SMILES string of the molecule is C[C@@](O)(CC(=O)Nc1cccc(-c2cn[nH]c2)c1)c1ccccc1. The van der Waals surface area contributed by atoms with Crippen LogP contribution >= 0.6 is 0 Å². The highest BCUT2D eigenvalue weighted by molar-refractivity contribution is 5.92. The number of carbonyl (C=O) groups excluding carboxylic acids is 1. The number of aliphatic hydroxyl groups is 1. The Balaban J connectivity index is 1.70. The molecule has 2 aromatic carbocycles. The number of nitrogens with one attached hydrogen (secondary N) is 2. The van der Waals surface area contributed by atoms with Crippen LogP contribution in [-0.2, 0) is 10.4 Å². The van der Waals surface area contributed by atoms with E-state index in [0.29, 0.717) is 11.3 Å². The van der Waals surface area contributed by atoms with Crippen LogP contribution in [0, 0.1) is 0 Å². The van der Waals surface area contributed by atoms with Gasteiger partial charge in [-0.3, -0.25) is 9.89 Å². The number of aromatic amines is 1. The van der Waals surface area contributed by atoms with Crippen LogP contribution in [0.1, 0.15) is 18.9 Å². The van der Waals surface area contributed by atoms with Crippen LogP contribution in [0.25, 0.3) is 11.1 Å². The summed E-state index contributed by atoms with van der Waals surface area (Å²) in [6.07, 6.45) is 3.50. The molecule has 0 unspecified atom stereocenters. The van der Waals surface area contributed by atoms with E-state index in [2.05, 4.69) is 15.5 Å². The molecule has 24 heavy (non-hydrogen) atoms. The third kappa shape index (κ3) is 3.70. The fourth-order valence-electron chi connectivity index (χ4n) is 2.60. The molecule has 122 valence electrons. The second-order valence-corrected chi connectivity index (χ2v) is 5.93. The summed E-state index contributed by atoms with van der Waals surface area (Å²) in [5.74, 6) is -0.242. The van der Waals surface area contributed by atoms with Gasteiger partial charge < -0.3 is 10.4 Å². The molecule has 5 nitrogen and oxygen atoms in total. The maximum absolute atomic E-state index is 12.3. The van der Waals surface area contributed by atoms with Gasteiger partial charge in [-0.25, -0.2) is 0 Å². The van der Waals surface area contributed by atoms with Crippen LogP contribution in [0.15, 0.2) is 67.0 Å². The Morgan fingerprint density at radius 1 is 1.17 bits per heavy atom. The summed E-state index contributed by atoms with van der Waals surface area (Å²) in [5.41, 5.74) is 2.08. The van der Waals surface area contributed by atoms with Gasteiger partial charge in [0.15, 0.2) is 0 Å². The van der Waals surface area contributed by atoms with Gasteiger partial charge in [-0.05, 0) is 30.2 Å². The molecule has 3 rings (SSSR count). The molecule has 1 aromatic heterocycles. The Labute approximate surface area is 140 Å². The van der Waals surface area contributed by atoms with E-state index in [1.54, 1.807) is 19.3 Å². The number of anilines is 1. The minimum Gasteiger partial charge on any atom is -0.385 e. The topological polar surface area (TPSA) is 78.0 Å². The number of carbonyl (C=O) groups is 1. The van der Waals surface area contributed by atoms with Gasteiger partial charge in [0.25, 0.3) is 0 Å². The number of aromatic nitrogens is 2. The first kappa shape index (κ1) is 16.0. The summed E-state index contributed by atoms with van der Waals surface area (Å²) in [5, 5.41) is 20.1. The van der Waals surface area contributed by atoms with Gasteiger partial charge in [0.2, 0.25) is 5.91 Å². The van der Waals surface area contributed by atoms with Crippen molar-refractivity contribution in [3.8, 4) is 11.1 Å². The summed E-state index contributed by atoms with van der Waals surface area (Å²) in [6.45, 7) is 1.64. The third-order valence-electron chi connectivity index (χ3n) is 3.88. The molecular formula is C19H19N3O2. The van der Waals surface area contributed by atoms with E-state index in [9.17, 15) is 9.90 Å². The molecule has 5 heteroatoms. The normalized spacial score (nSPS) is 13.2. The molecule has 0 saturated carbocycles. The zero-order valence-corrected chi connectivity index (χ0v) is 13.4. The number of nitrogens with zero attached hydrogens (tertiary/aromatic N) is 1. The van der Waals surface area contributed by atoms with Gasteiger partial charge >= 0.3 is 0 Å². The second-order valence-electron chi connectivity index (χ2n) is 5.93. The predicted octanol–water partition coefficient (Wildman–Crippen LogP) is 3.31. The smallest absolute Gasteiger partial charge is 0.227 e. The molecule has 3 aromatic rings. The van der Waals surface area contributed by atoms with Crippen LogP contribution in [0.4, 0.5) is 5.69 Å². The lowest BCUT2D eigenvalue weighted by Gasteiger charge is -2.23. The van der Waals surface area contributed by atoms with Crippen molar-refractivity contribution in [1.29, 1.82) is 0 Å². The zero-order valence-electron chi connectivity index (χ0n) is 13.4. The molecule has 0 aliphatic rings. The monoisotopic (exact) mass is 321 g/mol. The molecule has 1 atom stereocenters. The Morgan fingerprint density at radius 3 is 2.67 bits per heavy atom. The quantitative estimate of drug-likeness (QED) is 0.674. The third-order valence-corrected chi connectivity index (χ3v) is 3.88. The van der Waals surface area contributed by atoms with Crippen LogP contribution < -0.4 is 5.32 Å². The fourth-order valence-corrected chi connectivity index (χ4v) is 2.60. The first-order valence-electron chi connectivity index (χ1n) is 7.71. The van der Waals surface area contributed by atoms with E-state index in [1.807, 2.05) is 54.6 Å². The Hall–Kier alpha value is -2.92. The lowest BCUT2D eigenvalue weighted by atomic mass is 9.92. The molecule has 0 aliphatic carbocycles. The number of hydrogen-bond donors (Lipinski definition) is 3. The van der Waals surface area contributed by atoms with Crippen LogP contribution in [-0.4, -0.2) is 21.2 Å². The summed E-state index contributed by atoms with van der Waals surface area (Å²) in [4.78, 5) is 12.3. The summed E-state index contributed by atoms with van der Waals surface area (Å²) < 4.78 is 0. The molecule has 0 aliphatic heterocycles. The Morgan fingerprint density at radius 2 is 1.96 bits per heavy atom. The van der Waals surface area contributed by atoms with E-state index < -0.39 is 5.60 Å². The van der Waals surface area contributed by atoms with Crippen molar-refractivity contribution in [3.05, 3.63) is 72.6 Å². The van der Waals surface area contributed by atoms with Crippen molar-refractivity contribution < 1.29 is 9.90 Å². The van der Waals surface area contributed by atoms with E-state index in [4.69, 9.17) is 0 Å². The molecule has 0 spiro atoms. The van der Waals surface area contributed by atoms with Gasteiger partial charge in [0.05, 0.1) is 18.2 Å². The number of hydrogen-bond acceptors (Lipinski definition) is 3. The molecule has 0 radical (unpaired) electrons. The van der Waals surface area contributed by atoms with Crippen molar-refractivity contribution in [2.24, 2.45) is 0 Å². The highest BCUT2D eigenvalue weighted by Crippen LogP contribution is 2.26. The predicted molar refractivity (Wildman–Crippen MR) is 93.3 cm³/mol. The van der Waals surface area contributed by atoms with Crippen molar-refractivity contribution in [1.82, 2.24) is 10.2 Å². The molecular weight excluding hydrogens is 302 g/mol. The number of amides is 1. The standard InChI is InChI=1S/C19H19N3O2/c1-19(24,16-7-3-2-4-8-16)11-18(23)22-17-9-5-6-14(10-17)15-12-20-21-13-15/h2-10,12-13,24H,11H2,1H3,(H,20,21)(H,22,23)/t19-/m1/s1. The van der Waals surface area contributed by atoms with Crippen molar-refractivity contribution in [3.63, 3.8) is 0 Å². The van der Waals surface area contributed by atoms with Gasteiger partial charge in [0, 0.05) is 17.4 Å². The van der Waals surface area contributed by atoms with E-state index in [-0.39, 0.29) is 12.3 Å². The first-order chi connectivity index (χ1) is 11.5. The Bertz CT molecular complexity index is 812. The van der Waals surface area contributed by atoms with Crippen molar-refractivity contribution >= 4 is 11.6 Å². The molecule has 1 amide bonds. The maximum atomic E-state index is 12.3. The van der Waals surface area contributed by atoms with Crippen molar-refractivity contribution in [2.75, 3.05) is 5.32 Å². The second kappa shape index (κ2) is 6.68. The zero-order chi connectivity index (χ0) is 17.0. The van der Waals surface area contributed by atoms with Crippen LogP contribution in [0.5, 0.6) is 0 Å². The van der Waals surface area contributed by atoms with E-state index >= 15 is 0 Å². The number of benzene rings is 2. The highest BCUT2D eigenvalue weighted by atomic mass is 16.3. The average molecular weight is 321 g/mol. The Kier molecular flexibility index (Phi) is 4.44. The minimum absolute atomic E-state index is 0.0209. The minimum atomic E-state index is -1.21. The summed E-state index contributed by atoms with van der Waals surface area (Å²) in [6, 6.07) is 16.7. The molecule has 1 heterocycles. The lowest BCUT2D eigenvalue weighted by molar-refractivity contribution is -0.120. The summed E-state index contributed by atoms with van der Waals surface area (Å²) in [7, 11) is 0. The van der Waals surface area contributed by atoms with Gasteiger partial charge in [-0.1, -0.05) is 42.5 Å². The molecule has 0 fully saturated rings. The summed E-state index contributed by atoms with van der Waals surface area (Å²) >= 11 is 0. The highest BCUT2D eigenvalue weighted by Gasteiger charge is 2.26. The van der Waals surface area contributed by atoms with Crippen LogP contribution in [0.2, 0.25) is 0 Å². The van der Waals surface area contributed by atoms with Gasteiger partial charge in [0.1, 0.15) is 0 Å². The first-order valence-corrected chi connectivity index (χ1v) is 7.71. The van der Waals surface area contributed by atoms with Gasteiger partial charge in [-0.2, -0.15) is 5.10 Å². The van der Waals surface area contributed by atoms with E-state index in [0.717, 1.165) is 11.1 Å². The largest absolute Gasteiger partial charge is 0.385 e. The lowest BCUT2D eigenvalue weighted by Crippen LogP contribution is -2.28. The van der Waals surface area contributed by atoms with Crippen molar-refractivity contribution in [2.45, 2.75) is 18.9 Å².